The maximum Gasteiger partial charge on any atom is 0.397 e. The Kier molecular flexibility index (Phi) is 29.5. The summed E-state index contributed by atoms with van der Waals surface area (Å²) in [6, 6.07) is -10.7. The van der Waals surface area contributed by atoms with Crippen molar-refractivity contribution in [1.82, 2.24) is 60.0 Å². The van der Waals surface area contributed by atoms with Crippen LogP contribution in [0, 0.1) is 29.6 Å². The molecule has 6 fully saturated rings. The lowest BCUT2D eigenvalue weighted by Crippen LogP contribution is -2.68. The second-order valence-electron chi connectivity index (χ2n) is 30.3. The molecule has 103 heavy (non-hydrogen) atoms. The number of alkyl halides is 5. The number of amides is 12. The van der Waals surface area contributed by atoms with Crippen LogP contribution in [0.4, 0.5) is 22.0 Å². The molecule has 2 saturated heterocycles. The van der Waals surface area contributed by atoms with Gasteiger partial charge in [0.05, 0.1) is 25.6 Å². The highest BCUT2D eigenvalue weighted by atomic mass is 19.4. The molecule has 0 aromatic rings. The van der Waals surface area contributed by atoms with E-state index in [-0.39, 0.29) is 77.0 Å². The van der Waals surface area contributed by atoms with E-state index in [1.54, 1.807) is 26.8 Å². The van der Waals surface area contributed by atoms with Crippen molar-refractivity contribution >= 4 is 70.9 Å². The minimum atomic E-state index is -5.17. The first-order valence-corrected chi connectivity index (χ1v) is 37.1. The smallest absolute Gasteiger partial charge is 0.377 e. The second kappa shape index (κ2) is 36.6. The highest BCUT2D eigenvalue weighted by Gasteiger charge is 2.56. The molecule has 3 heterocycles. The fourth-order valence-electron chi connectivity index (χ4n) is 16.4. The van der Waals surface area contributed by atoms with Crippen LogP contribution in [-0.4, -0.2) is 283 Å². The van der Waals surface area contributed by atoms with Gasteiger partial charge in [-0.25, -0.2) is 8.78 Å². The average molecular weight is 1460 g/mol. The third-order valence-corrected chi connectivity index (χ3v) is 23.0. The van der Waals surface area contributed by atoms with Crippen LogP contribution in [0.2, 0.25) is 0 Å². The fourth-order valence-corrected chi connectivity index (χ4v) is 16.4. The van der Waals surface area contributed by atoms with Crippen molar-refractivity contribution in [2.45, 2.75) is 247 Å². The summed E-state index contributed by atoms with van der Waals surface area (Å²) in [7, 11) is 11.2. The van der Waals surface area contributed by atoms with Gasteiger partial charge in [0, 0.05) is 82.5 Å². The zero-order valence-electron chi connectivity index (χ0n) is 62.2. The molecule has 0 aromatic carbocycles. The normalized spacial score (nSPS) is 31.4. The molecule has 3 aliphatic heterocycles. The molecule has 7 rings (SSSR count). The molecule has 12 atom stereocenters. The van der Waals surface area contributed by atoms with Crippen molar-refractivity contribution in [2.75, 3.05) is 89.2 Å². The molecule has 578 valence electrons. The van der Waals surface area contributed by atoms with Gasteiger partial charge in [-0.3, -0.25) is 57.5 Å². The molecule has 4 saturated carbocycles. The lowest BCUT2D eigenvalue weighted by Gasteiger charge is -2.46. The predicted octanol–water partition coefficient (Wildman–Crippen LogP) is 5.09. The number of likely N-dealkylation sites (N-methyl/N-ethyl adjacent to an activating group) is 7. The molecular weight excluding hydrogens is 1350 g/mol. The van der Waals surface area contributed by atoms with E-state index in [1.807, 2.05) is 6.08 Å². The maximum absolute atomic E-state index is 15.5. The van der Waals surface area contributed by atoms with Gasteiger partial charge < -0.3 is 64.8 Å². The molecule has 30 heteroatoms. The number of hydrogen-bond acceptors (Lipinski definition) is 13. The van der Waals surface area contributed by atoms with Gasteiger partial charge in [0.1, 0.15) is 72.1 Å². The second-order valence-corrected chi connectivity index (χ2v) is 30.3. The van der Waals surface area contributed by atoms with Gasteiger partial charge >= 0.3 is 6.18 Å². The number of carbonyl (C=O) groups is 12. The fraction of sp³-hybridized carbons (Fsp3) is 0.781. The van der Waals surface area contributed by atoms with E-state index in [2.05, 4.69) is 22.5 Å². The van der Waals surface area contributed by atoms with Crippen LogP contribution in [0.25, 0.3) is 0 Å². The lowest BCUT2D eigenvalue weighted by molar-refractivity contribution is -0.219. The zero-order valence-corrected chi connectivity index (χ0v) is 62.2. The van der Waals surface area contributed by atoms with Gasteiger partial charge in [0.2, 0.25) is 70.9 Å². The molecule has 0 radical (unpaired) electrons. The van der Waals surface area contributed by atoms with Crippen LogP contribution in [0.5, 0.6) is 0 Å². The molecule has 2 bridgehead atoms. The third kappa shape index (κ3) is 20.0. The summed E-state index contributed by atoms with van der Waals surface area (Å²) in [4.78, 5) is 191. The highest BCUT2D eigenvalue weighted by molar-refractivity contribution is 6.01. The molecule has 12 amide bonds. The van der Waals surface area contributed by atoms with Crippen molar-refractivity contribution in [1.29, 1.82) is 0 Å². The molecule has 1 spiro atoms. The summed E-state index contributed by atoms with van der Waals surface area (Å²) in [5, 5.41) is 8.50. The minimum absolute atomic E-state index is 0.0102. The summed E-state index contributed by atoms with van der Waals surface area (Å²) in [5.74, 6) is -13.6. The van der Waals surface area contributed by atoms with E-state index >= 15 is 37.5 Å². The van der Waals surface area contributed by atoms with E-state index in [1.165, 1.54) is 87.0 Å². The number of halogens is 5. The highest BCUT2D eigenvalue weighted by Crippen LogP contribution is 2.45. The van der Waals surface area contributed by atoms with Gasteiger partial charge in [-0.05, 0) is 114 Å². The average Bonchev–Trinajstić information content (AvgIpc) is 1.69. The van der Waals surface area contributed by atoms with E-state index in [9.17, 15) is 41.9 Å². The number of nitrogens with one attached hydrogen (secondary N) is 3. The first-order valence-electron chi connectivity index (χ1n) is 37.1. The Morgan fingerprint density at radius 1 is 0.689 bits per heavy atom. The van der Waals surface area contributed by atoms with Crippen molar-refractivity contribution in [3.63, 3.8) is 0 Å². The van der Waals surface area contributed by atoms with Gasteiger partial charge in [0.15, 0.2) is 0 Å². The quantitative estimate of drug-likeness (QED) is 0.160. The molecule has 2 unspecified atom stereocenters. The molecule has 0 aromatic heterocycles. The zero-order chi connectivity index (χ0) is 76.1. The monoisotopic (exact) mass is 1460 g/mol. The molecule has 3 N–H and O–H groups in total. The van der Waals surface area contributed by atoms with Crippen molar-refractivity contribution in [3.8, 4) is 0 Å². The van der Waals surface area contributed by atoms with Crippen molar-refractivity contribution < 1.29 is 84.2 Å². The van der Waals surface area contributed by atoms with Crippen LogP contribution in [0.15, 0.2) is 24.8 Å². The van der Waals surface area contributed by atoms with Crippen LogP contribution < -0.4 is 16.0 Å². The molecule has 4 aliphatic carbocycles. The summed E-state index contributed by atoms with van der Waals surface area (Å²) in [6.45, 7) is 7.68. The topological polar surface area (TPSA) is 279 Å². The van der Waals surface area contributed by atoms with E-state index < -0.39 is 205 Å². The number of fused-ring (bicyclic) bond motifs is 3. The third-order valence-electron chi connectivity index (χ3n) is 23.0. The molecular formula is C73H113F5N12O13. The van der Waals surface area contributed by atoms with Gasteiger partial charge in [-0.1, -0.05) is 83.4 Å². The van der Waals surface area contributed by atoms with Gasteiger partial charge in [-0.15, -0.1) is 6.58 Å². The van der Waals surface area contributed by atoms with Gasteiger partial charge in [0.25, 0.3) is 0 Å². The van der Waals surface area contributed by atoms with Crippen LogP contribution in [0.3, 0.4) is 0 Å². The minimum Gasteiger partial charge on any atom is -0.377 e. The number of ether oxygens (including phenoxy) is 1. The Labute approximate surface area is 603 Å². The standard InChI is InChI=1S/C73H113F5N12O13/c1-13-25-52-63(94)80-61(44(4)14-2)69(100)84(8)43-59(93)86(10)53-30-20-17-23-35-89(68(53)99)56(38-45-26-18-16-19-27-45)67(98)83(7)42-57(91)79-51(32-31-46-36-49(74)60(50(75)37-46)73(76,77)78)65(96)90-41-48(103-15-3)39-54(90)64(95)81-72(33-24-34-72)71(102)88(12)62(47-28-21-22-29-47)70(101)87(11)55(66(97)82(5)6)40-58(92)85(52)9/h13,17,20,44-56,60-62H,1,14-16,18-19,21-43H2,2-12H3,(H,79,91)(H,80,94)(H,81,95)/b20-17-/t44-,46?,48+,49?,50?,51-,52-,53-,54-,55-,56-,60?,61-,62-/m0/s1. The Morgan fingerprint density at radius 3 is 1.90 bits per heavy atom. The van der Waals surface area contributed by atoms with E-state index in [4.69, 9.17) is 4.74 Å². The SMILES string of the molecule is C=CC[C@H]1C(=O)N[C@@H]([C@@H](C)CC)C(=O)N(C)CC(=O)N(C)[C@H]2C/C=C\CCN(C2=O)[C@@H](CC2CCCCC2)C(=O)N(C)CC(=O)N[C@@H](CCC2CC(F)C(C(F)(F)F)C(F)C2)C(=O)N2C[C@H](OCC)C[C@H]2C(=O)NC2(CCC2)C(=O)N(C)[C@@H](C2CCCC2)C(=O)N(C)[C@H](C(=O)N(C)C)CC(=O)N1C. The Bertz CT molecular complexity index is 3080. The number of rotatable bonds is 13. The Balaban J connectivity index is 1.31. The maximum atomic E-state index is 15.5. The van der Waals surface area contributed by atoms with E-state index in [0.29, 0.717) is 44.9 Å². The summed E-state index contributed by atoms with van der Waals surface area (Å²) < 4.78 is 78.7. The largest absolute Gasteiger partial charge is 0.397 e. The number of hydrogen-bond donors (Lipinski definition) is 3. The van der Waals surface area contributed by atoms with Crippen LogP contribution in [-0.2, 0) is 62.3 Å². The van der Waals surface area contributed by atoms with E-state index in [0.717, 1.165) is 51.7 Å². The molecule has 25 nitrogen and oxygen atoms in total. The Hall–Kier alpha value is -7.27. The predicted molar refractivity (Wildman–Crippen MR) is 372 cm³/mol. The first-order chi connectivity index (χ1) is 48.6. The molecule has 7 aliphatic rings. The van der Waals surface area contributed by atoms with Crippen molar-refractivity contribution in [3.05, 3.63) is 24.8 Å². The number of nitrogens with zero attached hydrogens (tertiary/aromatic N) is 9. The summed E-state index contributed by atoms with van der Waals surface area (Å²) in [6.07, 6.45) is -1.11. The van der Waals surface area contributed by atoms with Gasteiger partial charge in [-0.2, -0.15) is 13.2 Å². The van der Waals surface area contributed by atoms with Crippen LogP contribution in [0.1, 0.15) is 168 Å². The summed E-state index contributed by atoms with van der Waals surface area (Å²) >= 11 is 0. The summed E-state index contributed by atoms with van der Waals surface area (Å²) in [5.41, 5.74) is -1.65. The van der Waals surface area contributed by atoms with Crippen molar-refractivity contribution in [2.24, 2.45) is 29.6 Å². The van der Waals surface area contributed by atoms with Crippen LogP contribution >= 0.6 is 0 Å². The first kappa shape index (κ1) is 83.0. The lowest BCUT2D eigenvalue weighted by atomic mass is 9.74. The Morgan fingerprint density at radius 2 is 1.32 bits per heavy atom. The number of carbonyl (C=O) groups excluding carboxylic acids is 12.